The summed E-state index contributed by atoms with van der Waals surface area (Å²) in [5.74, 6) is 0.0646. The zero-order valence-electron chi connectivity index (χ0n) is 12.7. The Bertz CT molecular complexity index is 693. The van der Waals surface area contributed by atoms with Crippen LogP contribution >= 0.6 is 38.5 Å². The first-order chi connectivity index (χ1) is 11.5. The molecule has 0 aliphatic carbocycles. The Morgan fingerprint density at radius 2 is 1.96 bits per heavy atom. The molecule has 3 N–H and O–H groups in total. The van der Waals surface area contributed by atoms with Crippen molar-refractivity contribution in [3.8, 4) is 5.75 Å². The molecule has 7 heteroatoms. The second-order valence-electron chi connectivity index (χ2n) is 5.09. The highest BCUT2D eigenvalue weighted by molar-refractivity contribution is 14.1. The van der Waals surface area contributed by atoms with Crippen LogP contribution in [0, 0.1) is 3.57 Å². The molecule has 0 aliphatic rings. The maximum absolute atomic E-state index is 12.1. The van der Waals surface area contributed by atoms with Gasteiger partial charge in [-0.05, 0) is 77.9 Å². The number of aliphatic hydroxyl groups is 1. The van der Waals surface area contributed by atoms with Gasteiger partial charge >= 0.3 is 6.09 Å². The largest absolute Gasteiger partial charge is 0.508 e. The van der Waals surface area contributed by atoms with E-state index in [4.69, 9.17) is 9.84 Å². The van der Waals surface area contributed by atoms with Gasteiger partial charge in [0.25, 0.3) is 0 Å². The van der Waals surface area contributed by atoms with Gasteiger partial charge < -0.3 is 14.9 Å². The molecular weight excluding hydrogens is 489 g/mol. The van der Waals surface area contributed by atoms with Gasteiger partial charge in [0.2, 0.25) is 0 Å². The van der Waals surface area contributed by atoms with E-state index in [0.717, 1.165) is 8.04 Å². The summed E-state index contributed by atoms with van der Waals surface area (Å²) in [6.45, 7) is -0.0150. The lowest BCUT2D eigenvalue weighted by molar-refractivity contribution is 0.0979. The van der Waals surface area contributed by atoms with Crippen molar-refractivity contribution in [1.82, 2.24) is 0 Å². The van der Waals surface area contributed by atoms with Crippen LogP contribution in [0.5, 0.6) is 5.75 Å². The van der Waals surface area contributed by atoms with E-state index in [9.17, 15) is 9.90 Å². The lowest BCUT2D eigenvalue weighted by Crippen LogP contribution is -2.18. The molecule has 128 valence electrons. The number of anilines is 1. The van der Waals surface area contributed by atoms with Crippen molar-refractivity contribution in [2.24, 2.45) is 0 Å². The van der Waals surface area contributed by atoms with Crippen LogP contribution in [0.25, 0.3) is 0 Å². The number of halogens is 2. The molecule has 0 heterocycles. The topological polar surface area (TPSA) is 78.8 Å². The summed E-state index contributed by atoms with van der Waals surface area (Å²) >= 11 is 5.46. The maximum atomic E-state index is 12.1. The predicted octanol–water partition coefficient (Wildman–Crippen LogP) is 4.82. The average Bonchev–Trinajstić information content (AvgIpc) is 2.56. The summed E-state index contributed by atoms with van der Waals surface area (Å²) in [6, 6.07) is 12.2. The number of phenolic OH excluding ortho intramolecular Hbond substituents is 1. The fourth-order valence-corrected chi connectivity index (χ4v) is 2.93. The average molecular weight is 506 g/mol. The number of phenols is 1. The highest BCUT2D eigenvalue weighted by Crippen LogP contribution is 2.32. The van der Waals surface area contributed by atoms with Crippen molar-refractivity contribution in [3.63, 3.8) is 0 Å². The number of ether oxygens (including phenoxy) is 1. The summed E-state index contributed by atoms with van der Waals surface area (Å²) in [5.41, 5.74) is 1.14. The fourth-order valence-electron chi connectivity index (χ4n) is 2.15. The molecule has 0 saturated heterocycles. The van der Waals surface area contributed by atoms with E-state index in [1.807, 2.05) is 12.1 Å². The molecule has 0 saturated carbocycles. The minimum absolute atomic E-state index is 0.0150. The Morgan fingerprint density at radius 3 is 2.62 bits per heavy atom. The summed E-state index contributed by atoms with van der Waals surface area (Å²) in [6.07, 6.45) is -0.375. The summed E-state index contributed by atoms with van der Waals surface area (Å²) in [5, 5.41) is 21.8. The number of aromatic hydroxyl groups is 1. The van der Waals surface area contributed by atoms with Crippen LogP contribution in [0.3, 0.4) is 0 Å². The van der Waals surface area contributed by atoms with Gasteiger partial charge in [-0.15, -0.1) is 0 Å². The van der Waals surface area contributed by atoms with E-state index in [1.54, 1.807) is 30.3 Å². The van der Waals surface area contributed by atoms with Crippen LogP contribution in [0.15, 0.2) is 46.9 Å². The monoisotopic (exact) mass is 505 g/mol. The zero-order valence-corrected chi connectivity index (χ0v) is 16.5. The second kappa shape index (κ2) is 9.24. The van der Waals surface area contributed by atoms with Gasteiger partial charge in [0.15, 0.2) is 0 Å². The number of aliphatic hydroxyl groups excluding tert-OH is 1. The van der Waals surface area contributed by atoms with Gasteiger partial charge in [0.1, 0.15) is 11.9 Å². The number of carbonyl (C=O) groups is 1. The minimum atomic E-state index is -0.637. The van der Waals surface area contributed by atoms with Gasteiger partial charge in [-0.25, -0.2) is 4.79 Å². The van der Waals surface area contributed by atoms with E-state index < -0.39 is 12.2 Å². The van der Waals surface area contributed by atoms with E-state index in [-0.39, 0.29) is 12.4 Å². The van der Waals surface area contributed by atoms with Crippen molar-refractivity contribution in [3.05, 3.63) is 56.1 Å². The molecule has 5 nitrogen and oxygen atoms in total. The van der Waals surface area contributed by atoms with Crippen molar-refractivity contribution >= 4 is 50.3 Å². The molecule has 1 amide bonds. The molecule has 1 atom stereocenters. The van der Waals surface area contributed by atoms with Crippen molar-refractivity contribution < 1.29 is 19.7 Å². The number of hydrogen-bond donors (Lipinski definition) is 3. The molecule has 2 aromatic carbocycles. The molecule has 0 radical (unpaired) electrons. The van der Waals surface area contributed by atoms with Crippen LogP contribution in [-0.4, -0.2) is 22.9 Å². The summed E-state index contributed by atoms with van der Waals surface area (Å²) in [4.78, 5) is 12.1. The third-order valence-corrected chi connectivity index (χ3v) is 4.50. The number of nitrogens with one attached hydrogen (secondary N) is 1. The lowest BCUT2D eigenvalue weighted by Gasteiger charge is -2.19. The first-order valence-electron chi connectivity index (χ1n) is 7.32. The number of amides is 1. The lowest BCUT2D eigenvalue weighted by atomic mass is 10.0. The molecule has 24 heavy (non-hydrogen) atoms. The van der Waals surface area contributed by atoms with E-state index >= 15 is 0 Å². The van der Waals surface area contributed by atoms with Crippen molar-refractivity contribution in [2.75, 3.05) is 11.9 Å². The number of carbonyl (C=O) groups excluding carboxylic acids is 1. The first-order valence-corrected chi connectivity index (χ1v) is 9.19. The maximum Gasteiger partial charge on any atom is 0.412 e. The van der Waals surface area contributed by atoms with Crippen LogP contribution in [0.4, 0.5) is 10.5 Å². The summed E-state index contributed by atoms with van der Waals surface area (Å²) < 4.78 is 7.30. The highest BCUT2D eigenvalue weighted by atomic mass is 127. The van der Waals surface area contributed by atoms with E-state index in [2.05, 4.69) is 43.8 Å². The SMILES string of the molecule is O=C(Nc1ccc(Br)cc1)O[C@@H](CCCO)c1cc(I)ccc1O. The molecule has 0 fully saturated rings. The first kappa shape index (κ1) is 19.0. The smallest absolute Gasteiger partial charge is 0.412 e. The molecule has 2 rings (SSSR count). The normalized spacial score (nSPS) is 11.8. The second-order valence-corrected chi connectivity index (χ2v) is 7.26. The highest BCUT2D eigenvalue weighted by Gasteiger charge is 2.20. The summed E-state index contributed by atoms with van der Waals surface area (Å²) in [7, 11) is 0. The van der Waals surface area contributed by atoms with Crippen LogP contribution in [-0.2, 0) is 4.74 Å². The minimum Gasteiger partial charge on any atom is -0.508 e. The van der Waals surface area contributed by atoms with E-state index in [1.165, 1.54) is 0 Å². The molecular formula is C17H17BrINO4. The Kier molecular flexibility index (Phi) is 7.32. The third kappa shape index (κ3) is 5.64. The van der Waals surface area contributed by atoms with Crippen LogP contribution in [0.2, 0.25) is 0 Å². The molecule has 0 aliphatic heterocycles. The van der Waals surface area contributed by atoms with Gasteiger partial charge in [0, 0.05) is 25.9 Å². The van der Waals surface area contributed by atoms with Gasteiger partial charge in [-0.2, -0.15) is 0 Å². The Hall–Kier alpha value is -1.32. The van der Waals surface area contributed by atoms with Crippen LogP contribution < -0.4 is 5.32 Å². The standard InChI is InChI=1S/C17H17BrINO4/c18-11-3-6-13(7-4-11)20-17(23)24-16(2-1-9-21)14-10-12(19)5-8-15(14)22/h3-8,10,16,21-22H,1-2,9H2,(H,20,23)/t16-/m0/s1. The fraction of sp³-hybridized carbons (Fsp3) is 0.235. The van der Waals surface area contributed by atoms with Gasteiger partial charge in [-0.3, -0.25) is 5.32 Å². The number of benzene rings is 2. The zero-order chi connectivity index (χ0) is 17.5. The number of hydrogen-bond acceptors (Lipinski definition) is 4. The van der Waals surface area contributed by atoms with Crippen LogP contribution in [0.1, 0.15) is 24.5 Å². The molecule has 0 unspecified atom stereocenters. The number of rotatable bonds is 6. The molecule has 0 spiro atoms. The Labute approximate surface area is 162 Å². The Morgan fingerprint density at radius 1 is 1.25 bits per heavy atom. The quantitative estimate of drug-likeness (QED) is 0.492. The van der Waals surface area contributed by atoms with E-state index in [0.29, 0.717) is 24.1 Å². The van der Waals surface area contributed by atoms with Gasteiger partial charge in [-0.1, -0.05) is 15.9 Å². The van der Waals surface area contributed by atoms with Crippen molar-refractivity contribution in [2.45, 2.75) is 18.9 Å². The van der Waals surface area contributed by atoms with Gasteiger partial charge in [0.05, 0.1) is 0 Å². The molecule has 0 bridgehead atoms. The molecule has 2 aromatic rings. The Balaban J connectivity index is 2.11. The van der Waals surface area contributed by atoms with Crippen molar-refractivity contribution in [1.29, 1.82) is 0 Å². The third-order valence-electron chi connectivity index (χ3n) is 3.30. The molecule has 0 aromatic heterocycles. The predicted molar refractivity (Wildman–Crippen MR) is 104 cm³/mol.